The Morgan fingerprint density at radius 1 is 1.32 bits per heavy atom. The van der Waals surface area contributed by atoms with Crippen LogP contribution in [0.1, 0.15) is 29.4 Å². The molecule has 1 saturated heterocycles. The van der Waals surface area contributed by atoms with E-state index in [2.05, 4.69) is 10.2 Å². The summed E-state index contributed by atoms with van der Waals surface area (Å²) >= 11 is 0. The molecule has 8 nitrogen and oxygen atoms in total. The van der Waals surface area contributed by atoms with Crippen LogP contribution in [0.4, 0.5) is 5.82 Å². The van der Waals surface area contributed by atoms with E-state index >= 15 is 0 Å². The topological polar surface area (TPSA) is 105 Å². The number of carboxylic acid groups (broad SMARTS) is 1. The second-order valence-electron chi connectivity index (χ2n) is 6.15. The number of hydrogen-bond acceptors (Lipinski definition) is 6. The second kappa shape index (κ2) is 6.47. The zero-order valence-electron chi connectivity index (χ0n) is 14.1. The summed E-state index contributed by atoms with van der Waals surface area (Å²) < 4.78 is 23.4. The van der Waals surface area contributed by atoms with Crippen molar-refractivity contribution < 1.29 is 18.3 Å². The van der Waals surface area contributed by atoms with Crippen LogP contribution in [0.25, 0.3) is 5.69 Å². The van der Waals surface area contributed by atoms with Crippen molar-refractivity contribution in [3.8, 4) is 5.69 Å². The molecule has 2 aromatic rings. The maximum atomic E-state index is 11.7. The highest BCUT2D eigenvalue weighted by Gasteiger charge is 2.34. The van der Waals surface area contributed by atoms with Crippen LogP contribution >= 0.6 is 0 Å². The van der Waals surface area contributed by atoms with Gasteiger partial charge in [0.05, 0.1) is 17.2 Å². The first-order chi connectivity index (χ1) is 11.8. The number of aromatic nitrogens is 3. The van der Waals surface area contributed by atoms with Crippen LogP contribution in [-0.4, -0.2) is 59.1 Å². The number of anilines is 1. The van der Waals surface area contributed by atoms with Crippen molar-refractivity contribution >= 4 is 21.6 Å². The van der Waals surface area contributed by atoms with Gasteiger partial charge in [-0.2, -0.15) is 0 Å². The third-order valence-electron chi connectivity index (χ3n) is 4.46. The van der Waals surface area contributed by atoms with E-state index in [1.54, 1.807) is 11.9 Å². The molecule has 1 fully saturated rings. The molecule has 1 N–H and O–H groups in total. The van der Waals surface area contributed by atoms with Crippen LogP contribution in [0.2, 0.25) is 0 Å². The second-order valence-corrected chi connectivity index (χ2v) is 8.38. The molecule has 1 atom stereocenters. The molecule has 1 aliphatic heterocycles. The zero-order chi connectivity index (χ0) is 18.2. The van der Waals surface area contributed by atoms with E-state index in [0.717, 1.165) is 12.0 Å². The lowest BCUT2D eigenvalue weighted by molar-refractivity contribution is 0.0690. The monoisotopic (exact) mass is 364 g/mol. The van der Waals surface area contributed by atoms with E-state index in [-0.39, 0.29) is 29.1 Å². The molecule has 0 amide bonds. The van der Waals surface area contributed by atoms with E-state index in [4.69, 9.17) is 0 Å². The summed E-state index contributed by atoms with van der Waals surface area (Å²) in [5.41, 5.74) is 1.62. The lowest BCUT2D eigenvalue weighted by Gasteiger charge is -2.22. The number of rotatable bonds is 5. The van der Waals surface area contributed by atoms with Crippen molar-refractivity contribution in [2.45, 2.75) is 25.8 Å². The lowest BCUT2D eigenvalue weighted by Crippen LogP contribution is -2.34. The summed E-state index contributed by atoms with van der Waals surface area (Å²) in [5.74, 6) is -0.911. The predicted molar refractivity (Wildman–Crippen MR) is 93.2 cm³/mol. The van der Waals surface area contributed by atoms with Crippen LogP contribution in [0, 0.1) is 0 Å². The predicted octanol–water partition coefficient (Wildman–Crippen LogP) is 1.15. The molecular formula is C16H20N4O4S. The van der Waals surface area contributed by atoms with Crippen LogP contribution in [-0.2, 0) is 16.3 Å². The van der Waals surface area contributed by atoms with Crippen LogP contribution in [0.5, 0.6) is 0 Å². The smallest absolute Gasteiger partial charge is 0.360 e. The Hall–Kier alpha value is -2.42. The average Bonchev–Trinajstić information content (AvgIpc) is 3.18. The first-order valence-electron chi connectivity index (χ1n) is 8.04. The highest BCUT2D eigenvalue weighted by atomic mass is 32.2. The van der Waals surface area contributed by atoms with Gasteiger partial charge in [-0.05, 0) is 30.5 Å². The van der Waals surface area contributed by atoms with Crippen molar-refractivity contribution in [2.24, 2.45) is 0 Å². The summed E-state index contributed by atoms with van der Waals surface area (Å²) in [7, 11) is -1.42. The lowest BCUT2D eigenvalue weighted by atomic mass is 10.2. The number of carboxylic acids is 1. The number of sulfone groups is 1. The van der Waals surface area contributed by atoms with E-state index < -0.39 is 15.8 Å². The average molecular weight is 364 g/mol. The third kappa shape index (κ3) is 3.51. The van der Waals surface area contributed by atoms with Crippen molar-refractivity contribution in [3.05, 3.63) is 35.5 Å². The first kappa shape index (κ1) is 17.4. The zero-order valence-corrected chi connectivity index (χ0v) is 14.9. The van der Waals surface area contributed by atoms with Crippen molar-refractivity contribution in [1.29, 1.82) is 0 Å². The minimum Gasteiger partial charge on any atom is -0.476 e. The summed E-state index contributed by atoms with van der Waals surface area (Å²) in [6, 6.07) is 7.23. The molecule has 1 aromatic carbocycles. The van der Waals surface area contributed by atoms with Gasteiger partial charge in [0.25, 0.3) is 0 Å². The van der Waals surface area contributed by atoms with Crippen molar-refractivity contribution in [1.82, 2.24) is 15.0 Å². The van der Waals surface area contributed by atoms with Gasteiger partial charge in [-0.15, -0.1) is 15.0 Å². The SMILES string of the molecule is CCc1ccc(-n2nc(C(=O)O)c(N(C)C3CCS(=O)(=O)C3)n2)cc1. The van der Waals surface area contributed by atoms with Gasteiger partial charge in [0.1, 0.15) is 0 Å². The fourth-order valence-electron chi connectivity index (χ4n) is 2.91. The Morgan fingerprint density at radius 2 is 2.00 bits per heavy atom. The first-order valence-corrected chi connectivity index (χ1v) is 9.86. The normalized spacial score (nSPS) is 19.0. The molecular weight excluding hydrogens is 344 g/mol. The van der Waals surface area contributed by atoms with Crippen molar-refractivity contribution in [2.75, 3.05) is 23.5 Å². The maximum absolute atomic E-state index is 11.7. The quantitative estimate of drug-likeness (QED) is 0.848. The molecule has 2 heterocycles. The minimum atomic E-state index is -3.08. The van der Waals surface area contributed by atoms with Gasteiger partial charge in [-0.1, -0.05) is 19.1 Å². The Labute approximate surface area is 146 Å². The molecule has 134 valence electrons. The number of nitrogens with zero attached hydrogens (tertiary/aromatic N) is 4. The summed E-state index contributed by atoms with van der Waals surface area (Å²) in [6.07, 6.45) is 1.35. The highest BCUT2D eigenvalue weighted by molar-refractivity contribution is 7.91. The van der Waals surface area contributed by atoms with E-state index in [1.165, 1.54) is 4.80 Å². The Morgan fingerprint density at radius 3 is 2.52 bits per heavy atom. The maximum Gasteiger partial charge on any atom is 0.360 e. The van der Waals surface area contributed by atoms with E-state index in [1.807, 2.05) is 31.2 Å². The minimum absolute atomic E-state index is 0.000611. The molecule has 3 rings (SSSR count). The van der Waals surface area contributed by atoms with Crippen LogP contribution in [0.15, 0.2) is 24.3 Å². The van der Waals surface area contributed by atoms with Crippen molar-refractivity contribution in [3.63, 3.8) is 0 Å². The molecule has 0 spiro atoms. The number of hydrogen-bond donors (Lipinski definition) is 1. The Kier molecular flexibility index (Phi) is 4.51. The Balaban J connectivity index is 1.95. The standard InChI is InChI=1S/C16H20N4O4S/c1-3-11-4-6-12(7-5-11)20-17-14(16(21)22)15(18-20)19(2)13-8-9-25(23,24)10-13/h4-7,13H,3,8-10H2,1-2H3,(H,21,22). The number of aryl methyl sites for hydroxylation is 1. The van der Waals surface area contributed by atoms with Gasteiger partial charge in [0.2, 0.25) is 5.69 Å². The van der Waals surface area contributed by atoms with Gasteiger partial charge in [-0.3, -0.25) is 0 Å². The third-order valence-corrected chi connectivity index (χ3v) is 6.21. The summed E-state index contributed by atoms with van der Waals surface area (Å²) in [4.78, 5) is 14.4. The van der Waals surface area contributed by atoms with Crippen LogP contribution in [0.3, 0.4) is 0 Å². The fourth-order valence-corrected chi connectivity index (χ4v) is 4.68. The molecule has 1 unspecified atom stereocenters. The highest BCUT2D eigenvalue weighted by Crippen LogP contribution is 2.24. The van der Waals surface area contributed by atoms with Gasteiger partial charge in [0, 0.05) is 13.1 Å². The summed E-state index contributed by atoms with van der Waals surface area (Å²) in [5, 5.41) is 17.8. The van der Waals surface area contributed by atoms with E-state index in [9.17, 15) is 18.3 Å². The molecule has 1 aliphatic rings. The van der Waals surface area contributed by atoms with Gasteiger partial charge in [-0.25, -0.2) is 13.2 Å². The number of carbonyl (C=O) groups is 1. The number of aromatic carboxylic acids is 1. The van der Waals surface area contributed by atoms with Crippen LogP contribution < -0.4 is 4.90 Å². The van der Waals surface area contributed by atoms with E-state index in [0.29, 0.717) is 12.1 Å². The van der Waals surface area contributed by atoms with Gasteiger partial charge in [0.15, 0.2) is 15.7 Å². The van der Waals surface area contributed by atoms with Gasteiger partial charge >= 0.3 is 5.97 Å². The Bertz CT molecular complexity index is 889. The fraction of sp³-hybridized carbons (Fsp3) is 0.438. The molecule has 0 saturated carbocycles. The molecule has 0 bridgehead atoms. The molecule has 0 radical (unpaired) electrons. The largest absolute Gasteiger partial charge is 0.476 e. The molecule has 0 aliphatic carbocycles. The molecule has 25 heavy (non-hydrogen) atoms. The summed E-state index contributed by atoms with van der Waals surface area (Å²) in [6.45, 7) is 2.05. The van der Waals surface area contributed by atoms with Gasteiger partial charge < -0.3 is 10.0 Å². The number of benzene rings is 1. The molecule has 1 aromatic heterocycles. The molecule has 9 heteroatoms.